The molecule has 1 saturated heterocycles. The summed E-state index contributed by atoms with van der Waals surface area (Å²) >= 11 is 3.27. The number of nitrogens with one attached hydrogen (secondary N) is 2. The van der Waals surface area contributed by atoms with Crippen molar-refractivity contribution in [3.63, 3.8) is 0 Å². The van der Waals surface area contributed by atoms with E-state index in [2.05, 4.69) is 26.0 Å². The largest absolute Gasteiger partial charge is 0.495 e. The summed E-state index contributed by atoms with van der Waals surface area (Å²) in [6.07, 6.45) is 0.801. The second-order valence-corrected chi connectivity index (χ2v) is 6.70. The van der Waals surface area contributed by atoms with E-state index in [1.165, 1.54) is 7.11 Å². The maximum atomic E-state index is 12.3. The van der Waals surface area contributed by atoms with E-state index in [4.69, 9.17) is 4.74 Å². The molecule has 5 nitrogen and oxygen atoms in total. The smallest absolute Gasteiger partial charge is 0.244 e. The summed E-state index contributed by atoms with van der Waals surface area (Å²) in [4.78, 5) is 0.159. The monoisotopic (exact) mass is 334 g/mol. The first-order valence-corrected chi connectivity index (χ1v) is 7.87. The van der Waals surface area contributed by atoms with E-state index in [-0.39, 0.29) is 10.9 Å². The first-order chi connectivity index (χ1) is 8.53. The van der Waals surface area contributed by atoms with E-state index in [9.17, 15) is 8.42 Å². The van der Waals surface area contributed by atoms with Crippen LogP contribution in [0.25, 0.3) is 0 Å². The second kappa shape index (κ2) is 5.56. The highest BCUT2D eigenvalue weighted by molar-refractivity contribution is 9.10. The van der Waals surface area contributed by atoms with E-state index >= 15 is 0 Å². The van der Waals surface area contributed by atoms with E-state index in [0.29, 0.717) is 16.8 Å². The van der Waals surface area contributed by atoms with Gasteiger partial charge in [-0.2, -0.15) is 0 Å². The van der Waals surface area contributed by atoms with Gasteiger partial charge in [-0.25, -0.2) is 13.1 Å². The van der Waals surface area contributed by atoms with Crippen molar-refractivity contribution in [1.29, 1.82) is 0 Å². The SMILES string of the molecule is COc1ccc(Br)cc1S(=O)(=O)N[C@@H]1CCNC1. The number of sulfonamides is 1. The number of rotatable bonds is 4. The Hall–Kier alpha value is -0.630. The third-order valence-corrected chi connectivity index (χ3v) is 4.83. The highest BCUT2D eigenvalue weighted by Gasteiger charge is 2.25. The Morgan fingerprint density at radius 3 is 2.89 bits per heavy atom. The topological polar surface area (TPSA) is 67.4 Å². The van der Waals surface area contributed by atoms with Crippen LogP contribution in [0.2, 0.25) is 0 Å². The molecule has 1 aromatic carbocycles. The summed E-state index contributed by atoms with van der Waals surface area (Å²) < 4.78 is 33.0. The van der Waals surface area contributed by atoms with Gasteiger partial charge < -0.3 is 10.1 Å². The maximum absolute atomic E-state index is 12.3. The van der Waals surface area contributed by atoms with Crippen molar-refractivity contribution in [2.45, 2.75) is 17.4 Å². The van der Waals surface area contributed by atoms with Crippen LogP contribution in [0.15, 0.2) is 27.6 Å². The molecule has 0 unspecified atom stereocenters. The first kappa shape index (κ1) is 13.8. The molecule has 0 aliphatic carbocycles. The molecule has 0 amide bonds. The van der Waals surface area contributed by atoms with Gasteiger partial charge in [0.2, 0.25) is 10.0 Å². The van der Waals surface area contributed by atoms with Crippen LogP contribution in [-0.4, -0.2) is 34.7 Å². The van der Waals surface area contributed by atoms with E-state index < -0.39 is 10.0 Å². The minimum atomic E-state index is -3.55. The zero-order chi connectivity index (χ0) is 13.2. The molecule has 0 bridgehead atoms. The van der Waals surface area contributed by atoms with Crippen LogP contribution in [0.5, 0.6) is 5.75 Å². The molecule has 2 rings (SSSR count). The van der Waals surface area contributed by atoms with Gasteiger partial charge in [0.15, 0.2) is 0 Å². The normalized spacial score (nSPS) is 20.0. The lowest BCUT2D eigenvalue weighted by Crippen LogP contribution is -2.36. The minimum Gasteiger partial charge on any atom is -0.495 e. The molecular weight excluding hydrogens is 320 g/mol. The number of hydrogen-bond acceptors (Lipinski definition) is 4. The average molecular weight is 335 g/mol. The molecule has 18 heavy (non-hydrogen) atoms. The molecule has 0 spiro atoms. The van der Waals surface area contributed by atoms with Crippen LogP contribution < -0.4 is 14.8 Å². The van der Waals surface area contributed by atoms with Crippen molar-refractivity contribution in [1.82, 2.24) is 10.0 Å². The van der Waals surface area contributed by atoms with Crippen molar-refractivity contribution in [3.8, 4) is 5.75 Å². The number of hydrogen-bond donors (Lipinski definition) is 2. The third kappa shape index (κ3) is 3.03. The lowest BCUT2D eigenvalue weighted by molar-refractivity contribution is 0.402. The standard InChI is InChI=1S/C11H15BrN2O3S/c1-17-10-3-2-8(12)6-11(10)18(15,16)14-9-4-5-13-7-9/h2-3,6,9,13-14H,4-5,7H2,1H3/t9-/m1/s1. The molecule has 1 fully saturated rings. The maximum Gasteiger partial charge on any atom is 0.244 e. The summed E-state index contributed by atoms with van der Waals surface area (Å²) in [6.45, 7) is 1.50. The fourth-order valence-electron chi connectivity index (χ4n) is 1.90. The Morgan fingerprint density at radius 2 is 2.28 bits per heavy atom. The van der Waals surface area contributed by atoms with Gasteiger partial charge in [-0.3, -0.25) is 0 Å². The molecule has 100 valence electrons. The highest BCUT2D eigenvalue weighted by atomic mass is 79.9. The van der Waals surface area contributed by atoms with Crippen molar-refractivity contribution in [2.75, 3.05) is 20.2 Å². The molecule has 1 aromatic rings. The fourth-order valence-corrected chi connectivity index (χ4v) is 3.88. The van der Waals surface area contributed by atoms with Crippen molar-refractivity contribution < 1.29 is 13.2 Å². The highest BCUT2D eigenvalue weighted by Crippen LogP contribution is 2.27. The number of benzene rings is 1. The molecule has 7 heteroatoms. The fraction of sp³-hybridized carbons (Fsp3) is 0.455. The van der Waals surface area contributed by atoms with Crippen LogP contribution in [0.3, 0.4) is 0 Å². The Bertz CT molecular complexity index is 527. The van der Waals surface area contributed by atoms with Crippen LogP contribution in [0.4, 0.5) is 0 Å². The summed E-state index contributed by atoms with van der Waals surface area (Å²) in [7, 11) is -2.10. The summed E-state index contributed by atoms with van der Waals surface area (Å²) in [5.41, 5.74) is 0. The summed E-state index contributed by atoms with van der Waals surface area (Å²) in [5.74, 6) is 0.344. The Kier molecular flexibility index (Phi) is 4.26. The zero-order valence-electron chi connectivity index (χ0n) is 9.94. The van der Waals surface area contributed by atoms with E-state index in [1.54, 1.807) is 18.2 Å². The second-order valence-electron chi connectivity index (χ2n) is 4.11. The molecule has 1 aliphatic rings. The molecule has 1 aliphatic heterocycles. The molecule has 1 atom stereocenters. The Balaban J connectivity index is 2.30. The van der Waals surface area contributed by atoms with Gasteiger partial charge in [-0.15, -0.1) is 0 Å². The van der Waals surface area contributed by atoms with Gasteiger partial charge in [0.05, 0.1) is 7.11 Å². The molecule has 1 heterocycles. The Morgan fingerprint density at radius 1 is 1.50 bits per heavy atom. The van der Waals surface area contributed by atoms with Gasteiger partial charge in [0, 0.05) is 17.1 Å². The average Bonchev–Trinajstić information content (AvgIpc) is 2.81. The van der Waals surface area contributed by atoms with Crippen LogP contribution in [0.1, 0.15) is 6.42 Å². The first-order valence-electron chi connectivity index (χ1n) is 5.59. The number of methoxy groups -OCH3 is 1. The number of ether oxygens (including phenoxy) is 1. The molecule has 0 radical (unpaired) electrons. The predicted octanol–water partition coefficient (Wildman–Crippen LogP) is 1.10. The molecule has 2 N–H and O–H groups in total. The van der Waals surface area contributed by atoms with E-state index in [0.717, 1.165) is 13.0 Å². The van der Waals surface area contributed by atoms with Crippen molar-refractivity contribution in [2.24, 2.45) is 0 Å². The van der Waals surface area contributed by atoms with Crippen LogP contribution in [-0.2, 0) is 10.0 Å². The summed E-state index contributed by atoms with van der Waals surface area (Å²) in [6, 6.07) is 4.86. The van der Waals surface area contributed by atoms with Gasteiger partial charge in [-0.1, -0.05) is 15.9 Å². The zero-order valence-corrected chi connectivity index (χ0v) is 12.3. The number of halogens is 1. The molecular formula is C11H15BrN2O3S. The van der Waals surface area contributed by atoms with Crippen molar-refractivity contribution >= 4 is 26.0 Å². The minimum absolute atomic E-state index is 0.0568. The lowest BCUT2D eigenvalue weighted by atomic mass is 10.3. The van der Waals surface area contributed by atoms with Gasteiger partial charge in [0.1, 0.15) is 10.6 Å². The van der Waals surface area contributed by atoms with Gasteiger partial charge in [0.25, 0.3) is 0 Å². The predicted molar refractivity (Wildman–Crippen MR) is 72.3 cm³/mol. The van der Waals surface area contributed by atoms with Crippen LogP contribution in [0, 0.1) is 0 Å². The van der Waals surface area contributed by atoms with E-state index in [1.807, 2.05) is 0 Å². The van der Waals surface area contributed by atoms with Crippen molar-refractivity contribution in [3.05, 3.63) is 22.7 Å². The van der Waals surface area contributed by atoms with Gasteiger partial charge in [-0.05, 0) is 31.2 Å². The third-order valence-electron chi connectivity index (χ3n) is 2.80. The van der Waals surface area contributed by atoms with Gasteiger partial charge >= 0.3 is 0 Å². The lowest BCUT2D eigenvalue weighted by Gasteiger charge is -2.14. The Labute approximate surface area is 115 Å². The molecule has 0 saturated carbocycles. The van der Waals surface area contributed by atoms with Crippen LogP contribution >= 0.6 is 15.9 Å². The quantitative estimate of drug-likeness (QED) is 0.865. The summed E-state index contributed by atoms with van der Waals surface area (Å²) in [5, 5.41) is 3.12. The molecule has 0 aromatic heterocycles.